The summed E-state index contributed by atoms with van der Waals surface area (Å²) in [5.74, 6) is 0.411. The number of anilines is 1. The minimum absolute atomic E-state index is 0.239. The first-order valence-electron chi connectivity index (χ1n) is 5.97. The monoisotopic (exact) mass is 245 g/mol. The van der Waals surface area contributed by atoms with E-state index in [1.165, 1.54) is 0 Å². The van der Waals surface area contributed by atoms with Gasteiger partial charge >= 0.3 is 0 Å². The molecule has 1 heterocycles. The third-order valence-corrected chi connectivity index (χ3v) is 2.89. The Balaban J connectivity index is 2.61. The van der Waals surface area contributed by atoms with E-state index in [0.29, 0.717) is 11.5 Å². The molecule has 0 spiro atoms. The molecule has 1 aromatic carbocycles. The summed E-state index contributed by atoms with van der Waals surface area (Å²) in [5, 5.41) is 2.76. The van der Waals surface area contributed by atoms with Crippen molar-refractivity contribution in [1.29, 1.82) is 0 Å². The second kappa shape index (κ2) is 5.12. The van der Waals surface area contributed by atoms with Crippen LogP contribution in [0.3, 0.4) is 0 Å². The molecule has 2 rings (SSSR count). The summed E-state index contributed by atoms with van der Waals surface area (Å²) in [6, 6.07) is 7.93. The summed E-state index contributed by atoms with van der Waals surface area (Å²) in [4.78, 5) is 8.47. The number of halogens is 1. The first kappa shape index (κ1) is 12.5. The molecule has 0 atom stereocenters. The van der Waals surface area contributed by atoms with Crippen LogP contribution in [0.4, 0.5) is 10.2 Å². The zero-order valence-electron chi connectivity index (χ0n) is 10.8. The third kappa shape index (κ3) is 2.18. The summed E-state index contributed by atoms with van der Waals surface area (Å²) < 4.78 is 13.7. The third-order valence-electron chi connectivity index (χ3n) is 2.89. The molecule has 1 aromatic heterocycles. The van der Waals surface area contributed by atoms with Gasteiger partial charge in [0.2, 0.25) is 0 Å². The lowest BCUT2D eigenvalue weighted by Gasteiger charge is -2.10. The van der Waals surface area contributed by atoms with Crippen molar-refractivity contribution in [3.8, 4) is 11.4 Å². The number of nitrogens with zero attached hydrogens (tertiary/aromatic N) is 2. The molecule has 2 aromatic rings. The molecule has 0 aliphatic carbocycles. The fourth-order valence-corrected chi connectivity index (χ4v) is 1.89. The average molecular weight is 245 g/mol. The fraction of sp³-hybridized carbons (Fsp3) is 0.286. The first-order valence-corrected chi connectivity index (χ1v) is 5.97. The van der Waals surface area contributed by atoms with Gasteiger partial charge in [-0.05, 0) is 18.9 Å². The van der Waals surface area contributed by atoms with Crippen molar-refractivity contribution < 1.29 is 4.39 Å². The van der Waals surface area contributed by atoms with Gasteiger partial charge in [0, 0.05) is 12.6 Å². The Hall–Kier alpha value is -1.97. The molecular weight excluding hydrogens is 229 g/mol. The smallest absolute Gasteiger partial charge is 0.186 e. The van der Waals surface area contributed by atoms with Gasteiger partial charge in [0.25, 0.3) is 0 Å². The maximum absolute atomic E-state index is 13.7. The number of nitrogens with one attached hydrogen (secondary N) is 1. The van der Waals surface area contributed by atoms with E-state index in [4.69, 9.17) is 0 Å². The SMILES string of the molecule is CCc1ccccc1-c1nc(C)c(F)c(NC)n1. The van der Waals surface area contributed by atoms with Crippen molar-refractivity contribution in [2.24, 2.45) is 0 Å². The topological polar surface area (TPSA) is 37.8 Å². The van der Waals surface area contributed by atoms with Crippen LogP contribution in [-0.2, 0) is 6.42 Å². The van der Waals surface area contributed by atoms with Crippen LogP contribution in [0.2, 0.25) is 0 Å². The summed E-state index contributed by atoms with van der Waals surface area (Å²) in [6.45, 7) is 3.73. The van der Waals surface area contributed by atoms with Crippen LogP contribution in [0.5, 0.6) is 0 Å². The van der Waals surface area contributed by atoms with E-state index in [9.17, 15) is 4.39 Å². The molecule has 0 radical (unpaired) electrons. The van der Waals surface area contributed by atoms with Gasteiger partial charge in [-0.15, -0.1) is 0 Å². The number of benzene rings is 1. The van der Waals surface area contributed by atoms with Crippen LogP contribution >= 0.6 is 0 Å². The Bertz CT molecular complexity index is 567. The maximum atomic E-state index is 13.7. The highest BCUT2D eigenvalue weighted by molar-refractivity contribution is 5.62. The molecule has 1 N–H and O–H groups in total. The number of aryl methyl sites for hydroxylation is 2. The van der Waals surface area contributed by atoms with Gasteiger partial charge in [-0.25, -0.2) is 14.4 Å². The van der Waals surface area contributed by atoms with E-state index in [0.717, 1.165) is 17.5 Å². The Morgan fingerprint density at radius 2 is 1.94 bits per heavy atom. The van der Waals surface area contributed by atoms with Crippen LogP contribution in [0.1, 0.15) is 18.2 Å². The van der Waals surface area contributed by atoms with Gasteiger partial charge in [-0.1, -0.05) is 31.2 Å². The molecule has 0 saturated carbocycles. The molecular formula is C14H16FN3. The van der Waals surface area contributed by atoms with Crippen molar-refractivity contribution in [1.82, 2.24) is 9.97 Å². The molecule has 3 nitrogen and oxygen atoms in total. The van der Waals surface area contributed by atoms with Crippen LogP contribution in [0, 0.1) is 12.7 Å². The van der Waals surface area contributed by atoms with E-state index in [2.05, 4.69) is 22.2 Å². The second-order valence-corrected chi connectivity index (χ2v) is 4.06. The number of hydrogen-bond donors (Lipinski definition) is 1. The standard InChI is InChI=1S/C14H16FN3/c1-4-10-7-5-6-8-11(10)13-17-9(2)12(15)14(16-3)18-13/h5-8H,4H2,1-3H3,(H,16,17,18). The molecule has 0 amide bonds. The lowest BCUT2D eigenvalue weighted by molar-refractivity contribution is 0.607. The largest absolute Gasteiger partial charge is 0.371 e. The molecule has 4 heteroatoms. The van der Waals surface area contributed by atoms with Gasteiger partial charge in [0.1, 0.15) is 0 Å². The number of rotatable bonds is 3. The van der Waals surface area contributed by atoms with Crippen molar-refractivity contribution in [2.75, 3.05) is 12.4 Å². The van der Waals surface area contributed by atoms with Crippen LogP contribution in [0.15, 0.2) is 24.3 Å². The fourth-order valence-electron chi connectivity index (χ4n) is 1.89. The summed E-state index contributed by atoms with van der Waals surface area (Å²) in [5.41, 5.74) is 2.47. The quantitative estimate of drug-likeness (QED) is 0.902. The van der Waals surface area contributed by atoms with Gasteiger partial charge in [0.15, 0.2) is 17.5 Å². The van der Waals surface area contributed by atoms with E-state index in [1.807, 2.05) is 24.3 Å². The zero-order valence-corrected chi connectivity index (χ0v) is 10.8. The Kier molecular flexibility index (Phi) is 3.55. The molecule has 18 heavy (non-hydrogen) atoms. The minimum Gasteiger partial charge on any atom is -0.371 e. The molecule has 0 aliphatic heterocycles. The highest BCUT2D eigenvalue weighted by atomic mass is 19.1. The molecule has 0 aliphatic rings. The number of aromatic nitrogens is 2. The lowest BCUT2D eigenvalue weighted by atomic mass is 10.0. The highest BCUT2D eigenvalue weighted by Gasteiger charge is 2.13. The summed E-state index contributed by atoms with van der Waals surface area (Å²) >= 11 is 0. The normalized spacial score (nSPS) is 10.4. The molecule has 94 valence electrons. The molecule has 0 fully saturated rings. The zero-order chi connectivity index (χ0) is 13.1. The first-order chi connectivity index (χ1) is 8.67. The number of hydrogen-bond acceptors (Lipinski definition) is 3. The van der Waals surface area contributed by atoms with Crippen LogP contribution in [-0.4, -0.2) is 17.0 Å². The summed E-state index contributed by atoms with van der Waals surface area (Å²) in [7, 11) is 1.65. The summed E-state index contributed by atoms with van der Waals surface area (Å²) in [6.07, 6.45) is 0.894. The van der Waals surface area contributed by atoms with Gasteiger partial charge in [-0.3, -0.25) is 0 Å². The minimum atomic E-state index is -0.393. The molecule has 0 saturated heterocycles. The second-order valence-electron chi connectivity index (χ2n) is 4.06. The van der Waals surface area contributed by atoms with E-state index < -0.39 is 5.82 Å². The predicted molar refractivity (Wildman–Crippen MR) is 71.1 cm³/mol. The Morgan fingerprint density at radius 1 is 1.22 bits per heavy atom. The van der Waals surface area contributed by atoms with E-state index >= 15 is 0 Å². The average Bonchev–Trinajstić information content (AvgIpc) is 2.41. The lowest BCUT2D eigenvalue weighted by Crippen LogP contribution is -2.04. The predicted octanol–water partition coefficient (Wildman–Crippen LogP) is 3.20. The maximum Gasteiger partial charge on any atom is 0.186 e. The Labute approximate surface area is 106 Å². The van der Waals surface area contributed by atoms with E-state index in [1.54, 1.807) is 14.0 Å². The van der Waals surface area contributed by atoms with Crippen molar-refractivity contribution in [2.45, 2.75) is 20.3 Å². The van der Waals surface area contributed by atoms with Crippen molar-refractivity contribution >= 4 is 5.82 Å². The van der Waals surface area contributed by atoms with Crippen LogP contribution in [0.25, 0.3) is 11.4 Å². The molecule has 0 unspecified atom stereocenters. The van der Waals surface area contributed by atoms with E-state index in [-0.39, 0.29) is 5.82 Å². The van der Waals surface area contributed by atoms with Crippen molar-refractivity contribution in [3.63, 3.8) is 0 Å². The van der Waals surface area contributed by atoms with Gasteiger partial charge in [-0.2, -0.15) is 0 Å². The molecule has 0 bridgehead atoms. The van der Waals surface area contributed by atoms with Gasteiger partial charge < -0.3 is 5.32 Å². The highest BCUT2D eigenvalue weighted by Crippen LogP contribution is 2.24. The Morgan fingerprint density at radius 3 is 2.61 bits per heavy atom. The van der Waals surface area contributed by atoms with Gasteiger partial charge in [0.05, 0.1) is 5.69 Å². The van der Waals surface area contributed by atoms with Crippen LogP contribution < -0.4 is 5.32 Å². The van der Waals surface area contributed by atoms with Crippen molar-refractivity contribution in [3.05, 3.63) is 41.3 Å².